The van der Waals surface area contributed by atoms with Crippen LogP contribution in [-0.2, 0) is 17.8 Å². The molecule has 1 aromatic rings. The molecule has 1 aromatic heterocycles. The van der Waals surface area contributed by atoms with E-state index in [1.807, 2.05) is 0 Å². The quantitative estimate of drug-likeness (QED) is 0.529. The molecule has 0 radical (unpaired) electrons. The van der Waals surface area contributed by atoms with Crippen molar-refractivity contribution in [2.75, 3.05) is 6.54 Å². The largest absolute Gasteiger partial charge is 0.382 e. The van der Waals surface area contributed by atoms with Gasteiger partial charge < -0.3 is 10.4 Å². The minimum atomic E-state index is -1.13. The number of nitrogens with one attached hydrogen (secondary N) is 1. The smallest absolute Gasteiger partial charge is 0.161 e. The molecule has 204 valence electrons. The minimum Gasteiger partial charge on any atom is -0.382 e. The number of hydrogen-bond acceptors (Lipinski definition) is 4. The van der Waals surface area contributed by atoms with Gasteiger partial charge in [-0.3, -0.25) is 9.48 Å². The van der Waals surface area contributed by atoms with Crippen molar-refractivity contribution in [3.8, 4) is 0 Å². The monoisotopic (exact) mass is 507 g/mol. The summed E-state index contributed by atoms with van der Waals surface area (Å²) in [6.45, 7) is 13.2. The molecule has 1 heterocycles. The predicted octanol–water partition coefficient (Wildman–Crippen LogP) is 5.80. The van der Waals surface area contributed by atoms with Crippen LogP contribution in [0.5, 0.6) is 0 Å². The molecule has 5 aliphatic rings. The highest BCUT2D eigenvalue weighted by Crippen LogP contribution is 2.68. The lowest BCUT2D eigenvalue weighted by Gasteiger charge is -2.60. The van der Waals surface area contributed by atoms with Crippen LogP contribution >= 0.6 is 0 Å². The summed E-state index contributed by atoms with van der Waals surface area (Å²) in [6.07, 6.45) is 15.9. The van der Waals surface area contributed by atoms with Crippen molar-refractivity contribution in [3.05, 3.63) is 23.0 Å². The second-order valence-electron chi connectivity index (χ2n) is 14.1. The standard InChI is InChI=1S/C32H49N3O2/c1-6-33-24-9-7-22(8-10-24)19-35-29-16-28-20(2)15-25-26(30(28,4)17-23(29)18-34-35)11-13-31(5)27(25)12-14-32(31,37)21(3)36/h16,18,20,22,24-27,33,37H,6-15,17,19H2,1-5H3/t20-,22?,24?,25+,26-,27-,30+,31-,32-/m0/s1. The van der Waals surface area contributed by atoms with Crippen LogP contribution in [-0.4, -0.2) is 38.9 Å². The van der Waals surface area contributed by atoms with Gasteiger partial charge in [-0.2, -0.15) is 5.10 Å². The third-order valence-corrected chi connectivity index (χ3v) is 12.4. The number of hydrogen-bond donors (Lipinski definition) is 2. The first kappa shape index (κ1) is 25.8. The molecule has 6 rings (SSSR count). The van der Waals surface area contributed by atoms with E-state index in [1.165, 1.54) is 43.4 Å². The van der Waals surface area contributed by atoms with E-state index in [4.69, 9.17) is 5.10 Å². The van der Waals surface area contributed by atoms with E-state index in [0.29, 0.717) is 36.1 Å². The Bertz CT molecular complexity index is 1080. The third kappa shape index (κ3) is 3.77. The van der Waals surface area contributed by atoms with E-state index < -0.39 is 5.60 Å². The molecule has 0 spiro atoms. The number of allylic oxidation sites excluding steroid dienone is 1. The highest BCUT2D eigenvalue weighted by Gasteiger charge is 2.66. The van der Waals surface area contributed by atoms with Gasteiger partial charge in [0.25, 0.3) is 0 Å². The van der Waals surface area contributed by atoms with Crippen LogP contribution in [0.25, 0.3) is 6.08 Å². The first-order chi connectivity index (χ1) is 17.6. The summed E-state index contributed by atoms with van der Waals surface area (Å²) in [5.41, 5.74) is 3.20. The number of aromatic nitrogens is 2. The molecule has 4 fully saturated rings. The minimum absolute atomic E-state index is 0.0172. The maximum absolute atomic E-state index is 12.6. The number of ketones is 1. The van der Waals surface area contributed by atoms with E-state index in [9.17, 15) is 9.90 Å². The summed E-state index contributed by atoms with van der Waals surface area (Å²) in [6, 6.07) is 0.704. The van der Waals surface area contributed by atoms with Gasteiger partial charge in [-0.25, -0.2) is 0 Å². The van der Waals surface area contributed by atoms with Crippen molar-refractivity contribution in [3.63, 3.8) is 0 Å². The fraction of sp³-hybridized carbons (Fsp3) is 0.812. The van der Waals surface area contributed by atoms with Crippen molar-refractivity contribution in [1.29, 1.82) is 0 Å². The Labute approximate surface area is 223 Å². The Kier molecular flexibility index (Phi) is 6.31. The topological polar surface area (TPSA) is 67.2 Å². The molecule has 0 aromatic carbocycles. The van der Waals surface area contributed by atoms with Crippen molar-refractivity contribution in [2.24, 2.45) is 40.4 Å². The number of nitrogens with zero attached hydrogens (tertiary/aromatic N) is 2. The van der Waals surface area contributed by atoms with Gasteiger partial charge in [0.15, 0.2) is 5.78 Å². The molecule has 7 atom stereocenters. The van der Waals surface area contributed by atoms with Crippen LogP contribution in [0.3, 0.4) is 0 Å². The van der Waals surface area contributed by atoms with Crippen LogP contribution in [0.1, 0.15) is 104 Å². The fourth-order valence-corrected chi connectivity index (χ4v) is 10.4. The summed E-state index contributed by atoms with van der Waals surface area (Å²) in [5.74, 6) is 2.91. The first-order valence-electron chi connectivity index (χ1n) is 15.3. The van der Waals surface area contributed by atoms with Crippen molar-refractivity contribution in [2.45, 2.75) is 117 Å². The third-order valence-electron chi connectivity index (χ3n) is 12.4. The Morgan fingerprint density at radius 2 is 1.86 bits per heavy atom. The lowest BCUT2D eigenvalue weighted by molar-refractivity contribution is -0.160. The zero-order valence-corrected chi connectivity index (χ0v) is 23.9. The van der Waals surface area contributed by atoms with Gasteiger partial charge in [0.1, 0.15) is 5.60 Å². The Balaban J connectivity index is 1.24. The Hall–Kier alpha value is -1.46. The van der Waals surface area contributed by atoms with Gasteiger partial charge >= 0.3 is 0 Å². The summed E-state index contributed by atoms with van der Waals surface area (Å²) < 4.78 is 2.33. The summed E-state index contributed by atoms with van der Waals surface area (Å²) in [5, 5.41) is 20.1. The zero-order valence-electron chi connectivity index (χ0n) is 23.9. The molecule has 5 heteroatoms. The van der Waals surface area contributed by atoms with Gasteiger partial charge in [-0.1, -0.05) is 33.3 Å². The first-order valence-corrected chi connectivity index (χ1v) is 15.3. The number of carbonyl (C=O) groups excluding carboxylic acids is 1. The predicted molar refractivity (Wildman–Crippen MR) is 148 cm³/mol. The van der Waals surface area contributed by atoms with Crippen LogP contribution < -0.4 is 5.32 Å². The molecule has 37 heavy (non-hydrogen) atoms. The van der Waals surface area contributed by atoms with Crippen molar-refractivity contribution < 1.29 is 9.90 Å². The second-order valence-corrected chi connectivity index (χ2v) is 14.1. The van der Waals surface area contributed by atoms with Crippen molar-refractivity contribution in [1.82, 2.24) is 15.1 Å². The van der Waals surface area contributed by atoms with E-state index in [0.717, 1.165) is 44.7 Å². The lowest BCUT2D eigenvalue weighted by atomic mass is 9.44. The van der Waals surface area contributed by atoms with Gasteiger partial charge in [0, 0.05) is 18.0 Å². The van der Waals surface area contributed by atoms with Crippen LogP contribution in [0.2, 0.25) is 0 Å². The van der Waals surface area contributed by atoms with Crippen LogP contribution in [0.4, 0.5) is 0 Å². The maximum atomic E-state index is 12.6. The molecule has 0 aliphatic heterocycles. The molecular weight excluding hydrogens is 458 g/mol. The Morgan fingerprint density at radius 1 is 1.14 bits per heavy atom. The normalized spacial score (nSPS) is 44.9. The number of carbonyl (C=O) groups is 1. The van der Waals surface area contributed by atoms with E-state index in [2.05, 4.69) is 50.0 Å². The van der Waals surface area contributed by atoms with Gasteiger partial charge in [-0.15, -0.1) is 0 Å². The fourth-order valence-electron chi connectivity index (χ4n) is 10.4. The summed E-state index contributed by atoms with van der Waals surface area (Å²) >= 11 is 0. The summed E-state index contributed by atoms with van der Waals surface area (Å²) in [7, 11) is 0. The number of aliphatic hydroxyl groups is 1. The average molecular weight is 508 g/mol. The molecule has 0 bridgehead atoms. The SMILES string of the molecule is CCNC1CCC(Cn2ncc3c2C=C2[C@@H](C)C[C@@H]4[C@H](CC[C@@]5(C)[C@H]4CC[C@]5(O)C(C)=O)[C@@]2(C)C3)CC1. The molecular formula is C32H49N3O2. The van der Waals surface area contributed by atoms with Crippen molar-refractivity contribution >= 4 is 11.9 Å². The van der Waals surface area contributed by atoms with E-state index in [-0.39, 0.29) is 16.6 Å². The van der Waals surface area contributed by atoms with Gasteiger partial charge in [-0.05, 0) is 124 Å². The number of fused-ring (bicyclic) bond motifs is 6. The highest BCUT2D eigenvalue weighted by molar-refractivity contribution is 5.86. The number of Topliss-reactive ketones (excluding diaryl/α,β-unsaturated/α-hetero) is 1. The molecule has 5 aliphatic carbocycles. The summed E-state index contributed by atoms with van der Waals surface area (Å²) in [4.78, 5) is 12.6. The molecule has 0 amide bonds. The molecule has 0 saturated heterocycles. The van der Waals surface area contributed by atoms with Gasteiger partial charge in [0.05, 0.1) is 11.9 Å². The lowest BCUT2D eigenvalue weighted by Crippen LogP contribution is -2.58. The maximum Gasteiger partial charge on any atom is 0.161 e. The van der Waals surface area contributed by atoms with Crippen LogP contribution in [0.15, 0.2) is 11.8 Å². The van der Waals surface area contributed by atoms with Crippen LogP contribution in [0, 0.1) is 40.4 Å². The Morgan fingerprint density at radius 3 is 2.57 bits per heavy atom. The van der Waals surface area contributed by atoms with E-state index >= 15 is 0 Å². The molecule has 4 saturated carbocycles. The molecule has 0 unspecified atom stereocenters. The average Bonchev–Trinajstić information content (AvgIpc) is 3.37. The number of rotatable bonds is 5. The zero-order chi connectivity index (χ0) is 26.2. The molecule has 2 N–H and O–H groups in total. The van der Waals surface area contributed by atoms with E-state index in [1.54, 1.807) is 12.5 Å². The van der Waals surface area contributed by atoms with Gasteiger partial charge in [0.2, 0.25) is 0 Å². The highest BCUT2D eigenvalue weighted by atomic mass is 16.3. The molecule has 5 nitrogen and oxygen atoms in total. The second kappa shape index (κ2) is 9.05.